The molecule has 0 amide bonds. The van der Waals surface area contributed by atoms with Crippen LogP contribution < -0.4 is 5.32 Å². The molecule has 1 heterocycles. The molecule has 2 aliphatic carbocycles. The van der Waals surface area contributed by atoms with E-state index in [0.29, 0.717) is 12.1 Å². The number of hydrogen-bond donors (Lipinski definition) is 1. The molecule has 4 nitrogen and oxygen atoms in total. The maximum Gasteiger partial charge on any atom is 0.109 e. The molecule has 1 aromatic heterocycles. The first-order valence-corrected chi connectivity index (χ1v) is 7.17. The van der Waals surface area contributed by atoms with E-state index in [1.807, 2.05) is 10.9 Å². The number of nitrogens with one attached hydrogen (secondary N) is 1. The third-order valence-corrected chi connectivity index (χ3v) is 4.26. The largest absolute Gasteiger partial charge is 0.297 e. The Morgan fingerprint density at radius 2 is 2.35 bits per heavy atom. The van der Waals surface area contributed by atoms with Crippen LogP contribution in [0.25, 0.3) is 0 Å². The minimum atomic E-state index is -0.302. The quantitative estimate of drug-likeness (QED) is 0.857. The van der Waals surface area contributed by atoms with Gasteiger partial charge in [-0.25, -0.2) is 0 Å². The molecule has 0 radical (unpaired) electrons. The highest BCUT2D eigenvalue weighted by Gasteiger charge is 2.43. The van der Waals surface area contributed by atoms with Crippen molar-refractivity contribution in [2.24, 2.45) is 0 Å². The zero-order chi connectivity index (χ0) is 11.9. The van der Waals surface area contributed by atoms with Crippen molar-refractivity contribution in [3.05, 3.63) is 16.0 Å². The number of halogens is 1. The van der Waals surface area contributed by atoms with Gasteiger partial charge in [-0.2, -0.15) is 10.4 Å². The summed E-state index contributed by atoms with van der Waals surface area (Å²) < 4.78 is 3.18. The Bertz CT molecular complexity index is 459. The fraction of sp³-hybridized carbons (Fsp3) is 0.667. The molecule has 5 heteroatoms. The van der Waals surface area contributed by atoms with Crippen molar-refractivity contribution in [2.45, 2.75) is 49.7 Å². The Kier molecular flexibility index (Phi) is 2.87. The first kappa shape index (κ1) is 11.5. The minimum absolute atomic E-state index is 0.302. The third-order valence-electron chi connectivity index (χ3n) is 3.70. The summed E-state index contributed by atoms with van der Waals surface area (Å²) in [6.07, 6.45) is 9.28. The summed E-state index contributed by atoms with van der Waals surface area (Å²) in [4.78, 5) is 0. The molecule has 0 aromatic carbocycles. The number of rotatable bonds is 3. The van der Waals surface area contributed by atoms with Gasteiger partial charge in [0.25, 0.3) is 0 Å². The molecule has 17 heavy (non-hydrogen) atoms. The number of nitrogens with zero attached hydrogens (tertiary/aromatic N) is 3. The second-order valence-corrected chi connectivity index (χ2v) is 6.39. The monoisotopic (exact) mass is 342 g/mol. The lowest BCUT2D eigenvalue weighted by Gasteiger charge is -2.22. The average Bonchev–Trinajstić information content (AvgIpc) is 2.86. The maximum absolute atomic E-state index is 9.42. The number of nitriles is 1. The molecule has 3 rings (SSSR count). The zero-order valence-corrected chi connectivity index (χ0v) is 11.7. The predicted octanol–water partition coefficient (Wildman–Crippen LogP) is 2.23. The molecular formula is C12H15IN4. The van der Waals surface area contributed by atoms with Crippen LogP contribution in [0.4, 0.5) is 0 Å². The molecule has 90 valence electrons. The van der Waals surface area contributed by atoms with E-state index in [4.69, 9.17) is 0 Å². The van der Waals surface area contributed by atoms with E-state index in [2.05, 4.69) is 45.3 Å². The molecule has 0 bridgehead atoms. The van der Waals surface area contributed by atoms with Crippen LogP contribution >= 0.6 is 22.6 Å². The maximum atomic E-state index is 9.42. The van der Waals surface area contributed by atoms with Gasteiger partial charge in [0, 0.05) is 18.7 Å². The summed E-state index contributed by atoms with van der Waals surface area (Å²) >= 11 is 2.27. The summed E-state index contributed by atoms with van der Waals surface area (Å²) in [6.45, 7) is 0. The van der Waals surface area contributed by atoms with Crippen molar-refractivity contribution in [3.63, 3.8) is 0 Å². The molecule has 2 atom stereocenters. The Labute approximate surface area is 115 Å². The average molecular weight is 342 g/mol. The molecule has 0 spiro atoms. The Hall–Kier alpha value is -0.610. The van der Waals surface area contributed by atoms with Crippen molar-refractivity contribution in [1.82, 2.24) is 15.1 Å². The van der Waals surface area contributed by atoms with E-state index in [1.165, 1.54) is 12.8 Å². The van der Waals surface area contributed by atoms with Gasteiger partial charge in [0.05, 0.1) is 21.9 Å². The fourth-order valence-corrected chi connectivity index (χ4v) is 3.05. The predicted molar refractivity (Wildman–Crippen MR) is 72.3 cm³/mol. The van der Waals surface area contributed by atoms with E-state index in [-0.39, 0.29) is 5.54 Å². The highest BCUT2D eigenvalue weighted by molar-refractivity contribution is 14.1. The van der Waals surface area contributed by atoms with Crippen molar-refractivity contribution in [2.75, 3.05) is 0 Å². The van der Waals surface area contributed by atoms with Crippen LogP contribution in [0.3, 0.4) is 0 Å². The van der Waals surface area contributed by atoms with Crippen molar-refractivity contribution < 1.29 is 0 Å². The fourth-order valence-electron chi connectivity index (χ4n) is 2.64. The van der Waals surface area contributed by atoms with Gasteiger partial charge in [-0.1, -0.05) is 0 Å². The normalized spacial score (nSPS) is 32.6. The lowest BCUT2D eigenvalue weighted by Crippen LogP contribution is -2.43. The van der Waals surface area contributed by atoms with Crippen molar-refractivity contribution in [3.8, 4) is 6.07 Å². The highest BCUT2D eigenvalue weighted by Crippen LogP contribution is 2.39. The summed E-state index contributed by atoms with van der Waals surface area (Å²) in [6, 6.07) is 3.47. The summed E-state index contributed by atoms with van der Waals surface area (Å²) in [7, 11) is 0. The van der Waals surface area contributed by atoms with Gasteiger partial charge in [0.2, 0.25) is 0 Å². The van der Waals surface area contributed by atoms with Gasteiger partial charge in [-0.15, -0.1) is 0 Å². The van der Waals surface area contributed by atoms with Crippen molar-refractivity contribution >= 4 is 22.6 Å². The van der Waals surface area contributed by atoms with Crippen LogP contribution in [0.15, 0.2) is 12.4 Å². The first-order valence-electron chi connectivity index (χ1n) is 6.09. The minimum Gasteiger partial charge on any atom is -0.297 e. The number of aromatic nitrogens is 2. The lowest BCUT2D eigenvalue weighted by atomic mass is 9.99. The van der Waals surface area contributed by atoms with Gasteiger partial charge >= 0.3 is 0 Å². The highest BCUT2D eigenvalue weighted by atomic mass is 127. The molecule has 1 N–H and O–H groups in total. The molecule has 1 aromatic rings. The Morgan fingerprint density at radius 1 is 1.53 bits per heavy atom. The van der Waals surface area contributed by atoms with Crippen LogP contribution in [-0.4, -0.2) is 21.4 Å². The van der Waals surface area contributed by atoms with E-state index in [1.54, 1.807) is 0 Å². The summed E-state index contributed by atoms with van der Waals surface area (Å²) in [5.74, 6) is 0. The van der Waals surface area contributed by atoms with Gasteiger partial charge in [0.1, 0.15) is 5.54 Å². The molecule has 2 fully saturated rings. The van der Waals surface area contributed by atoms with Gasteiger partial charge < -0.3 is 0 Å². The van der Waals surface area contributed by atoms with Gasteiger partial charge in [-0.3, -0.25) is 10.00 Å². The van der Waals surface area contributed by atoms with Crippen LogP contribution in [0, 0.1) is 14.9 Å². The standard InChI is InChI=1S/C12H15IN4/c13-9-6-15-17(7-9)11-3-4-12(5-11,8-14)16-10-1-2-10/h6-7,10-11,16H,1-5H2. The molecule has 2 aliphatic rings. The Morgan fingerprint density at radius 3 is 2.94 bits per heavy atom. The second-order valence-electron chi connectivity index (χ2n) is 5.15. The molecule has 0 aliphatic heterocycles. The van der Waals surface area contributed by atoms with E-state index in [0.717, 1.165) is 22.8 Å². The van der Waals surface area contributed by atoms with Gasteiger partial charge in [0.15, 0.2) is 0 Å². The molecule has 2 saturated carbocycles. The SMILES string of the molecule is N#CC1(NC2CC2)CCC(n2cc(I)cn2)C1. The topological polar surface area (TPSA) is 53.6 Å². The molecule has 2 unspecified atom stereocenters. The van der Waals surface area contributed by atoms with E-state index < -0.39 is 0 Å². The van der Waals surface area contributed by atoms with E-state index >= 15 is 0 Å². The lowest BCUT2D eigenvalue weighted by molar-refractivity contribution is 0.385. The van der Waals surface area contributed by atoms with Crippen LogP contribution in [0.2, 0.25) is 0 Å². The van der Waals surface area contributed by atoms with E-state index in [9.17, 15) is 5.26 Å². The summed E-state index contributed by atoms with van der Waals surface area (Å²) in [5.41, 5.74) is -0.302. The van der Waals surface area contributed by atoms with Crippen molar-refractivity contribution in [1.29, 1.82) is 5.26 Å². The first-order chi connectivity index (χ1) is 8.21. The van der Waals surface area contributed by atoms with Crippen LogP contribution in [-0.2, 0) is 0 Å². The number of hydrogen-bond acceptors (Lipinski definition) is 3. The summed E-state index contributed by atoms with van der Waals surface area (Å²) in [5, 5.41) is 17.3. The zero-order valence-electron chi connectivity index (χ0n) is 9.56. The second kappa shape index (κ2) is 4.25. The van der Waals surface area contributed by atoms with Crippen LogP contribution in [0.1, 0.15) is 38.1 Å². The smallest absolute Gasteiger partial charge is 0.109 e. The van der Waals surface area contributed by atoms with Gasteiger partial charge in [-0.05, 0) is 48.3 Å². The molecule has 0 saturated heterocycles. The molecular weight excluding hydrogens is 327 g/mol. The Balaban J connectivity index is 1.73. The van der Waals surface area contributed by atoms with Crippen LogP contribution in [0.5, 0.6) is 0 Å². The third kappa shape index (κ3) is 2.33.